The Morgan fingerprint density at radius 1 is 1.12 bits per heavy atom. The van der Waals surface area contributed by atoms with E-state index in [2.05, 4.69) is 10.3 Å². The summed E-state index contributed by atoms with van der Waals surface area (Å²) in [6.45, 7) is 3.75. The van der Waals surface area contributed by atoms with E-state index < -0.39 is 0 Å². The SMILES string of the molecule is Cc1ccc2c(c1)C(=O)N(CCC(=O)Nc1ncccc1C)C2=O. The van der Waals surface area contributed by atoms with Crippen molar-refractivity contribution in [3.05, 3.63) is 58.8 Å². The number of nitrogens with one attached hydrogen (secondary N) is 1. The van der Waals surface area contributed by atoms with Gasteiger partial charge in [-0.05, 0) is 37.6 Å². The highest BCUT2D eigenvalue weighted by atomic mass is 16.2. The van der Waals surface area contributed by atoms with Gasteiger partial charge in [0.05, 0.1) is 11.1 Å². The standard InChI is InChI=1S/C18H17N3O3/c1-11-5-6-13-14(10-11)18(24)21(17(13)23)9-7-15(22)20-16-12(2)4-3-8-19-16/h3-6,8,10H,7,9H2,1-2H3,(H,19,20,22). The molecule has 0 radical (unpaired) electrons. The van der Waals surface area contributed by atoms with E-state index in [1.807, 2.05) is 19.9 Å². The van der Waals surface area contributed by atoms with Crippen molar-refractivity contribution in [1.29, 1.82) is 0 Å². The Morgan fingerprint density at radius 2 is 1.88 bits per heavy atom. The molecule has 6 heteroatoms. The first-order chi connectivity index (χ1) is 11.5. The van der Waals surface area contributed by atoms with Crippen LogP contribution in [0.2, 0.25) is 0 Å². The van der Waals surface area contributed by atoms with Gasteiger partial charge in [-0.1, -0.05) is 17.7 Å². The Hall–Kier alpha value is -3.02. The zero-order valence-electron chi connectivity index (χ0n) is 13.5. The van der Waals surface area contributed by atoms with Crippen LogP contribution in [0.5, 0.6) is 0 Å². The molecule has 1 N–H and O–H groups in total. The first kappa shape index (κ1) is 15.9. The van der Waals surface area contributed by atoms with Crippen LogP contribution < -0.4 is 5.32 Å². The van der Waals surface area contributed by atoms with E-state index in [1.165, 1.54) is 0 Å². The topological polar surface area (TPSA) is 79.4 Å². The second-order valence-electron chi connectivity index (χ2n) is 5.78. The summed E-state index contributed by atoms with van der Waals surface area (Å²) in [5.41, 5.74) is 2.56. The normalized spacial score (nSPS) is 13.2. The summed E-state index contributed by atoms with van der Waals surface area (Å²) in [4.78, 5) is 41.9. The van der Waals surface area contributed by atoms with Crippen LogP contribution in [0.3, 0.4) is 0 Å². The van der Waals surface area contributed by atoms with Crippen molar-refractivity contribution < 1.29 is 14.4 Å². The Bertz CT molecular complexity index is 845. The summed E-state index contributed by atoms with van der Waals surface area (Å²) in [5.74, 6) is -0.498. The monoisotopic (exact) mass is 323 g/mol. The molecule has 2 aromatic rings. The summed E-state index contributed by atoms with van der Waals surface area (Å²) in [7, 11) is 0. The third-order valence-corrected chi connectivity index (χ3v) is 3.96. The van der Waals surface area contributed by atoms with Gasteiger partial charge in [-0.15, -0.1) is 0 Å². The number of imide groups is 1. The van der Waals surface area contributed by atoms with Gasteiger partial charge < -0.3 is 5.32 Å². The number of hydrogen-bond donors (Lipinski definition) is 1. The van der Waals surface area contributed by atoms with E-state index in [-0.39, 0.29) is 30.7 Å². The zero-order valence-corrected chi connectivity index (χ0v) is 13.5. The van der Waals surface area contributed by atoms with Gasteiger partial charge in [-0.2, -0.15) is 0 Å². The maximum absolute atomic E-state index is 12.3. The van der Waals surface area contributed by atoms with E-state index in [9.17, 15) is 14.4 Å². The predicted molar refractivity (Wildman–Crippen MR) is 88.8 cm³/mol. The Morgan fingerprint density at radius 3 is 2.62 bits per heavy atom. The van der Waals surface area contributed by atoms with Crippen molar-refractivity contribution in [3.8, 4) is 0 Å². The smallest absolute Gasteiger partial charge is 0.261 e. The summed E-state index contributed by atoms with van der Waals surface area (Å²) in [5, 5.41) is 2.69. The second kappa shape index (κ2) is 6.23. The highest BCUT2D eigenvalue weighted by Gasteiger charge is 2.35. The second-order valence-corrected chi connectivity index (χ2v) is 5.78. The van der Waals surface area contributed by atoms with Crippen molar-refractivity contribution >= 4 is 23.5 Å². The molecule has 3 rings (SSSR count). The first-order valence-electron chi connectivity index (χ1n) is 7.65. The molecule has 0 bridgehead atoms. The number of anilines is 1. The van der Waals surface area contributed by atoms with Crippen molar-refractivity contribution in [2.24, 2.45) is 0 Å². The van der Waals surface area contributed by atoms with Crippen LogP contribution in [0.1, 0.15) is 38.3 Å². The highest BCUT2D eigenvalue weighted by molar-refractivity contribution is 6.21. The molecule has 122 valence electrons. The Labute approximate surface area is 139 Å². The number of carbonyl (C=O) groups excluding carboxylic acids is 3. The molecule has 0 saturated heterocycles. The zero-order chi connectivity index (χ0) is 17.3. The summed E-state index contributed by atoms with van der Waals surface area (Å²) in [6, 6.07) is 8.78. The number of hydrogen-bond acceptors (Lipinski definition) is 4. The van der Waals surface area contributed by atoms with Gasteiger partial charge >= 0.3 is 0 Å². The summed E-state index contributed by atoms with van der Waals surface area (Å²) in [6.07, 6.45) is 1.62. The van der Waals surface area contributed by atoms with Gasteiger partial charge in [0.1, 0.15) is 5.82 Å². The summed E-state index contributed by atoms with van der Waals surface area (Å²) >= 11 is 0. The van der Waals surface area contributed by atoms with E-state index in [0.29, 0.717) is 16.9 Å². The molecule has 1 aliphatic rings. The molecule has 0 aliphatic carbocycles. The average Bonchev–Trinajstić information content (AvgIpc) is 2.78. The van der Waals surface area contributed by atoms with Gasteiger partial charge in [0, 0.05) is 19.2 Å². The van der Waals surface area contributed by atoms with E-state index in [1.54, 1.807) is 30.5 Å². The fourth-order valence-corrected chi connectivity index (χ4v) is 2.63. The highest BCUT2D eigenvalue weighted by Crippen LogP contribution is 2.24. The van der Waals surface area contributed by atoms with Gasteiger partial charge in [0.2, 0.25) is 5.91 Å². The fraction of sp³-hybridized carbons (Fsp3) is 0.222. The number of nitrogens with zero attached hydrogens (tertiary/aromatic N) is 2. The Kier molecular flexibility index (Phi) is 4.12. The number of aromatic nitrogens is 1. The van der Waals surface area contributed by atoms with Crippen LogP contribution in [0.4, 0.5) is 5.82 Å². The maximum atomic E-state index is 12.3. The number of benzene rings is 1. The van der Waals surface area contributed by atoms with Crippen molar-refractivity contribution in [2.45, 2.75) is 20.3 Å². The third-order valence-electron chi connectivity index (χ3n) is 3.96. The molecule has 3 amide bonds. The van der Waals surface area contributed by atoms with Crippen LogP contribution in [0.25, 0.3) is 0 Å². The van der Waals surface area contributed by atoms with Crippen LogP contribution in [-0.4, -0.2) is 34.2 Å². The molecule has 2 heterocycles. The minimum Gasteiger partial charge on any atom is -0.310 e. The molecule has 0 unspecified atom stereocenters. The average molecular weight is 323 g/mol. The minimum absolute atomic E-state index is 0.0282. The largest absolute Gasteiger partial charge is 0.310 e. The van der Waals surface area contributed by atoms with Crippen molar-refractivity contribution in [1.82, 2.24) is 9.88 Å². The lowest BCUT2D eigenvalue weighted by atomic mass is 10.1. The number of pyridine rings is 1. The van der Waals surface area contributed by atoms with Crippen LogP contribution in [0, 0.1) is 13.8 Å². The minimum atomic E-state index is -0.350. The van der Waals surface area contributed by atoms with Gasteiger partial charge in [-0.3, -0.25) is 19.3 Å². The van der Waals surface area contributed by atoms with Crippen LogP contribution >= 0.6 is 0 Å². The number of aryl methyl sites for hydroxylation is 2. The lowest BCUT2D eigenvalue weighted by molar-refractivity contribution is -0.116. The number of amides is 3. The molecule has 1 aliphatic heterocycles. The molecule has 1 aromatic carbocycles. The Balaban J connectivity index is 1.65. The molecule has 0 saturated carbocycles. The fourth-order valence-electron chi connectivity index (χ4n) is 2.63. The lowest BCUT2D eigenvalue weighted by Gasteiger charge is -2.13. The van der Waals surface area contributed by atoms with Gasteiger partial charge in [0.15, 0.2) is 0 Å². The molecular formula is C18H17N3O3. The first-order valence-corrected chi connectivity index (χ1v) is 7.65. The van der Waals surface area contributed by atoms with Crippen LogP contribution in [0.15, 0.2) is 36.5 Å². The quantitative estimate of drug-likeness (QED) is 0.876. The molecule has 6 nitrogen and oxygen atoms in total. The molecule has 0 atom stereocenters. The van der Waals surface area contributed by atoms with Crippen molar-refractivity contribution in [2.75, 3.05) is 11.9 Å². The predicted octanol–water partition coefficient (Wildman–Crippen LogP) is 2.32. The molecule has 24 heavy (non-hydrogen) atoms. The molecule has 0 spiro atoms. The van der Waals surface area contributed by atoms with Gasteiger partial charge in [-0.25, -0.2) is 4.98 Å². The molecular weight excluding hydrogens is 306 g/mol. The van der Waals surface area contributed by atoms with E-state index in [0.717, 1.165) is 16.0 Å². The number of fused-ring (bicyclic) bond motifs is 1. The lowest BCUT2D eigenvalue weighted by Crippen LogP contribution is -2.33. The molecule has 1 aromatic heterocycles. The van der Waals surface area contributed by atoms with Crippen molar-refractivity contribution in [3.63, 3.8) is 0 Å². The van der Waals surface area contributed by atoms with E-state index >= 15 is 0 Å². The summed E-state index contributed by atoms with van der Waals surface area (Å²) < 4.78 is 0. The van der Waals surface area contributed by atoms with Gasteiger partial charge in [0.25, 0.3) is 11.8 Å². The number of carbonyl (C=O) groups is 3. The van der Waals surface area contributed by atoms with E-state index in [4.69, 9.17) is 0 Å². The molecule has 0 fully saturated rings. The van der Waals surface area contributed by atoms with Crippen LogP contribution in [-0.2, 0) is 4.79 Å². The number of rotatable bonds is 4. The maximum Gasteiger partial charge on any atom is 0.261 e. The third kappa shape index (κ3) is 2.90.